The molecule has 1 aromatic carbocycles. The highest BCUT2D eigenvalue weighted by Gasteiger charge is 2.61. The third kappa shape index (κ3) is 3.01. The molecule has 5 heteroatoms. The summed E-state index contributed by atoms with van der Waals surface area (Å²) in [6.07, 6.45) is 8.68. The molecule has 0 radical (unpaired) electrons. The fourth-order valence-corrected chi connectivity index (χ4v) is 5.74. The van der Waals surface area contributed by atoms with Crippen LogP contribution in [0.3, 0.4) is 0 Å². The molecule has 0 amide bonds. The molecule has 164 valence electrons. The fraction of sp³-hybridized carbons (Fsp3) is 0.444. The Morgan fingerprint density at radius 1 is 1.03 bits per heavy atom. The lowest BCUT2D eigenvalue weighted by molar-refractivity contribution is -0.0679. The number of rotatable bonds is 2. The zero-order valence-corrected chi connectivity index (χ0v) is 19.3. The lowest BCUT2D eigenvalue weighted by Gasteiger charge is -2.47. The molecule has 0 saturated heterocycles. The molecule has 0 bridgehead atoms. The molecule has 32 heavy (non-hydrogen) atoms. The minimum atomic E-state index is -0.643. The third-order valence-electron chi connectivity index (χ3n) is 7.83. The zero-order chi connectivity index (χ0) is 22.6. The summed E-state index contributed by atoms with van der Waals surface area (Å²) in [5.41, 5.74) is 12.0. The molecule has 2 spiro atoms. The Hall–Kier alpha value is -2.97. The molecule has 1 atom stereocenters. The van der Waals surface area contributed by atoms with E-state index in [4.69, 9.17) is 20.5 Å². The van der Waals surface area contributed by atoms with E-state index in [1.807, 2.05) is 27.2 Å². The van der Waals surface area contributed by atoms with Crippen molar-refractivity contribution < 1.29 is 4.74 Å². The highest BCUT2D eigenvalue weighted by molar-refractivity contribution is 6.41. The second-order valence-corrected chi connectivity index (χ2v) is 9.69. The number of methoxy groups -OCH3 is 1. The van der Waals surface area contributed by atoms with Crippen molar-refractivity contribution in [3.05, 3.63) is 53.3 Å². The maximum atomic E-state index is 6.33. The van der Waals surface area contributed by atoms with Crippen molar-refractivity contribution in [2.24, 2.45) is 21.1 Å². The molecule has 1 aromatic heterocycles. The summed E-state index contributed by atoms with van der Waals surface area (Å²) >= 11 is 0. The maximum absolute atomic E-state index is 6.33. The van der Waals surface area contributed by atoms with Gasteiger partial charge in [-0.05, 0) is 76.1 Å². The molecule has 2 aromatic rings. The van der Waals surface area contributed by atoms with E-state index in [0.717, 1.165) is 54.5 Å². The number of ether oxygens (including phenoxy) is 1. The Balaban J connectivity index is 1.63. The zero-order valence-electron chi connectivity index (χ0n) is 19.3. The smallest absolute Gasteiger partial charge is 0.184 e. The average molecular weight is 427 g/mol. The highest BCUT2D eigenvalue weighted by atomic mass is 16.5. The van der Waals surface area contributed by atoms with Gasteiger partial charge in [0.2, 0.25) is 0 Å². The van der Waals surface area contributed by atoms with Gasteiger partial charge in [0.05, 0.1) is 11.3 Å². The predicted octanol–water partition coefficient (Wildman–Crippen LogP) is 4.63. The third-order valence-corrected chi connectivity index (χ3v) is 7.83. The molecule has 1 fully saturated rings. The van der Waals surface area contributed by atoms with E-state index in [2.05, 4.69) is 48.0 Å². The van der Waals surface area contributed by atoms with E-state index in [9.17, 15) is 0 Å². The number of amidine groups is 1. The average Bonchev–Trinajstić information content (AvgIpc) is 3.24. The van der Waals surface area contributed by atoms with Crippen LogP contribution in [0.25, 0.3) is 11.1 Å². The van der Waals surface area contributed by atoms with Crippen LogP contribution in [0.5, 0.6) is 0 Å². The van der Waals surface area contributed by atoms with Gasteiger partial charge >= 0.3 is 0 Å². The van der Waals surface area contributed by atoms with Crippen molar-refractivity contribution in [3.63, 3.8) is 0 Å². The Morgan fingerprint density at radius 3 is 2.47 bits per heavy atom. The van der Waals surface area contributed by atoms with Crippen LogP contribution in [0, 0.1) is 17.3 Å². The van der Waals surface area contributed by atoms with E-state index in [1.165, 1.54) is 11.1 Å². The molecule has 1 saturated carbocycles. The van der Waals surface area contributed by atoms with E-state index >= 15 is 0 Å². The number of nitrogens with zero attached hydrogens (tertiary/aromatic N) is 3. The van der Waals surface area contributed by atoms with Crippen molar-refractivity contribution in [1.29, 1.82) is 0 Å². The first-order chi connectivity index (χ1) is 15.3. The molecule has 2 aliphatic carbocycles. The Labute approximate surface area is 190 Å². The predicted molar refractivity (Wildman–Crippen MR) is 129 cm³/mol. The molecule has 5 rings (SSSR count). The molecule has 2 N–H and O–H groups in total. The lowest BCUT2D eigenvalue weighted by Crippen LogP contribution is -2.46. The Kier molecular flexibility index (Phi) is 4.76. The number of aliphatic imine (C=N–C) groups is 2. The van der Waals surface area contributed by atoms with Crippen LogP contribution in [-0.4, -0.2) is 29.2 Å². The van der Waals surface area contributed by atoms with Crippen LogP contribution in [0.4, 0.5) is 0 Å². The monoisotopic (exact) mass is 426 g/mol. The van der Waals surface area contributed by atoms with Gasteiger partial charge in [-0.15, -0.1) is 5.92 Å². The molecule has 5 nitrogen and oxygen atoms in total. The minimum absolute atomic E-state index is 0.0673. The van der Waals surface area contributed by atoms with Crippen LogP contribution in [0.15, 0.2) is 46.6 Å². The van der Waals surface area contributed by atoms with Gasteiger partial charge < -0.3 is 10.5 Å². The van der Waals surface area contributed by atoms with Gasteiger partial charge in [-0.3, -0.25) is 9.98 Å². The van der Waals surface area contributed by atoms with Crippen molar-refractivity contribution >= 4 is 11.5 Å². The first-order valence-corrected chi connectivity index (χ1v) is 11.3. The number of benzene rings is 1. The van der Waals surface area contributed by atoms with Crippen molar-refractivity contribution in [3.8, 4) is 23.0 Å². The first-order valence-electron chi connectivity index (χ1n) is 11.3. The first kappa shape index (κ1) is 20.9. The summed E-state index contributed by atoms with van der Waals surface area (Å²) in [5, 5.41) is 0. The van der Waals surface area contributed by atoms with E-state index < -0.39 is 5.66 Å². The molecular weight excluding hydrogens is 396 g/mol. The van der Waals surface area contributed by atoms with Gasteiger partial charge in [0, 0.05) is 41.6 Å². The van der Waals surface area contributed by atoms with E-state index in [-0.39, 0.29) is 11.0 Å². The molecule has 2 heterocycles. The summed E-state index contributed by atoms with van der Waals surface area (Å²) in [7, 11) is 1.82. The van der Waals surface area contributed by atoms with Crippen LogP contribution in [-0.2, 0) is 16.8 Å². The molecule has 1 aliphatic heterocycles. The number of aromatic nitrogens is 1. The standard InChI is InChI=1S/C27H30N4O/c1-5-6-19-13-22(17-29-16-19)20-7-8-21-15-26(11-9-25(3,32-4)10-12-26)27(23(21)14-20)30-18(2)24(28)31-27/h7-8,13-14,16-17H,9-12,15H2,1-4H3,(H2,28,31)/t25-,26+,27?. The largest absolute Gasteiger partial charge is 0.382 e. The fourth-order valence-electron chi connectivity index (χ4n) is 5.74. The van der Waals surface area contributed by atoms with Crippen LogP contribution >= 0.6 is 0 Å². The second-order valence-electron chi connectivity index (χ2n) is 9.69. The van der Waals surface area contributed by atoms with Gasteiger partial charge in [-0.25, -0.2) is 4.99 Å². The SMILES string of the molecule is CC#Cc1cncc(-c2ccc3c(c2)C2(N=C(C)C(N)=N2)[C@]2(CC[C@@](C)(OC)CC2)C3)c1. The quantitative estimate of drug-likeness (QED) is 0.712. The summed E-state index contributed by atoms with van der Waals surface area (Å²) in [6.45, 7) is 6.03. The van der Waals surface area contributed by atoms with Crippen molar-refractivity contribution in [1.82, 2.24) is 4.98 Å². The second kappa shape index (κ2) is 7.28. The molecular formula is C27H30N4O. The Morgan fingerprint density at radius 2 is 1.81 bits per heavy atom. The van der Waals surface area contributed by atoms with Crippen molar-refractivity contribution in [2.45, 2.75) is 64.1 Å². The topological polar surface area (TPSA) is 72.9 Å². The Bertz CT molecular complexity index is 1190. The van der Waals surface area contributed by atoms with Crippen molar-refractivity contribution in [2.75, 3.05) is 7.11 Å². The van der Waals surface area contributed by atoms with E-state index in [1.54, 1.807) is 6.20 Å². The van der Waals surface area contributed by atoms with Crippen LogP contribution in [0.1, 0.15) is 63.1 Å². The number of hydrogen-bond donors (Lipinski definition) is 1. The van der Waals surface area contributed by atoms with Gasteiger partial charge in [-0.1, -0.05) is 18.1 Å². The van der Waals surface area contributed by atoms with Gasteiger partial charge in [0.25, 0.3) is 0 Å². The summed E-state index contributed by atoms with van der Waals surface area (Å²) in [6, 6.07) is 8.78. The maximum Gasteiger partial charge on any atom is 0.184 e. The molecule has 1 unspecified atom stereocenters. The summed E-state index contributed by atoms with van der Waals surface area (Å²) in [5.74, 6) is 6.62. The molecule has 3 aliphatic rings. The number of fused-ring (bicyclic) bond motifs is 3. The van der Waals surface area contributed by atoms with Crippen LogP contribution < -0.4 is 5.73 Å². The summed E-state index contributed by atoms with van der Waals surface area (Å²) < 4.78 is 5.85. The highest BCUT2D eigenvalue weighted by Crippen LogP contribution is 2.63. The van der Waals surface area contributed by atoms with Gasteiger partial charge in [0.1, 0.15) is 5.84 Å². The number of pyridine rings is 1. The normalized spacial score (nSPS) is 30.6. The summed E-state index contributed by atoms with van der Waals surface area (Å²) in [4.78, 5) is 14.7. The van der Waals surface area contributed by atoms with E-state index in [0.29, 0.717) is 5.84 Å². The number of nitrogens with two attached hydrogens (primary N) is 1. The number of hydrogen-bond acceptors (Lipinski definition) is 5. The lowest BCUT2D eigenvalue weighted by atomic mass is 9.63. The van der Waals surface area contributed by atoms with Gasteiger partial charge in [0.15, 0.2) is 5.66 Å². The minimum Gasteiger partial charge on any atom is -0.382 e. The van der Waals surface area contributed by atoms with Gasteiger partial charge in [-0.2, -0.15) is 0 Å². The van der Waals surface area contributed by atoms with Crippen LogP contribution in [0.2, 0.25) is 0 Å².